The maximum absolute atomic E-state index is 11.9. The molecular formula is C14H12O6. The zero-order chi connectivity index (χ0) is 14.7. The molecule has 1 heterocycles. The lowest BCUT2D eigenvalue weighted by molar-refractivity contribution is -0.134. The van der Waals surface area contributed by atoms with E-state index in [1.807, 2.05) is 0 Å². The van der Waals surface area contributed by atoms with Crippen LogP contribution >= 0.6 is 0 Å². The van der Waals surface area contributed by atoms with Crippen molar-refractivity contribution >= 4 is 11.8 Å². The average molecular weight is 276 g/mol. The number of aliphatic hydroxyl groups is 1. The molecule has 2 aliphatic rings. The maximum Gasteiger partial charge on any atom is 0.343 e. The standard InChI is InChI=1S/C14H12O6/c1-6-3-10(16)12-14(6,18)8-4-7(19-2)5-9(15)11(8)13(17)20-12/h3-5,12,15,18H,1-2H3/t12-,14+/m0/s1. The Labute approximate surface area is 114 Å². The molecule has 0 unspecified atom stereocenters. The average Bonchev–Trinajstić information content (AvgIpc) is 2.62. The second-order valence-electron chi connectivity index (χ2n) is 4.85. The molecule has 0 bridgehead atoms. The van der Waals surface area contributed by atoms with Crippen molar-refractivity contribution in [3.8, 4) is 11.5 Å². The number of ketones is 1. The molecule has 0 fully saturated rings. The molecule has 1 aromatic rings. The van der Waals surface area contributed by atoms with Gasteiger partial charge in [-0.25, -0.2) is 4.79 Å². The topological polar surface area (TPSA) is 93.1 Å². The van der Waals surface area contributed by atoms with Gasteiger partial charge in [-0.15, -0.1) is 0 Å². The second kappa shape index (κ2) is 3.83. The molecule has 1 aliphatic heterocycles. The fourth-order valence-electron chi connectivity index (χ4n) is 2.71. The number of hydrogen-bond acceptors (Lipinski definition) is 6. The van der Waals surface area contributed by atoms with Gasteiger partial charge in [0.25, 0.3) is 0 Å². The van der Waals surface area contributed by atoms with Crippen molar-refractivity contribution in [2.45, 2.75) is 18.6 Å². The summed E-state index contributed by atoms with van der Waals surface area (Å²) in [5, 5.41) is 20.8. The Morgan fingerprint density at radius 3 is 2.70 bits per heavy atom. The molecule has 3 rings (SSSR count). The fraction of sp³-hybridized carbons (Fsp3) is 0.286. The van der Waals surface area contributed by atoms with Crippen LogP contribution in [0.3, 0.4) is 0 Å². The van der Waals surface area contributed by atoms with Gasteiger partial charge in [-0.3, -0.25) is 4.79 Å². The number of ether oxygens (including phenoxy) is 2. The Balaban J connectivity index is 2.33. The summed E-state index contributed by atoms with van der Waals surface area (Å²) in [6.07, 6.45) is -0.0715. The molecular weight excluding hydrogens is 264 g/mol. The molecule has 104 valence electrons. The zero-order valence-electron chi connectivity index (χ0n) is 10.8. The highest BCUT2D eigenvalue weighted by Crippen LogP contribution is 2.47. The first-order valence-corrected chi connectivity index (χ1v) is 5.97. The Hall–Kier alpha value is -2.34. The molecule has 2 N–H and O–H groups in total. The molecule has 6 heteroatoms. The highest BCUT2D eigenvalue weighted by atomic mass is 16.6. The minimum atomic E-state index is -1.76. The molecule has 0 amide bonds. The summed E-state index contributed by atoms with van der Waals surface area (Å²) in [6.45, 7) is 1.57. The number of rotatable bonds is 1. The van der Waals surface area contributed by atoms with Crippen molar-refractivity contribution in [2.24, 2.45) is 0 Å². The first-order valence-electron chi connectivity index (χ1n) is 5.97. The maximum atomic E-state index is 11.9. The van der Waals surface area contributed by atoms with Gasteiger partial charge in [0.1, 0.15) is 17.1 Å². The third kappa shape index (κ3) is 1.36. The first kappa shape index (κ1) is 12.7. The van der Waals surface area contributed by atoms with Gasteiger partial charge in [0.15, 0.2) is 11.4 Å². The second-order valence-corrected chi connectivity index (χ2v) is 4.85. The van der Waals surface area contributed by atoms with Crippen LogP contribution in [0.2, 0.25) is 0 Å². The van der Waals surface area contributed by atoms with E-state index in [0.717, 1.165) is 0 Å². The molecule has 20 heavy (non-hydrogen) atoms. The minimum Gasteiger partial charge on any atom is -0.507 e. The molecule has 1 aromatic carbocycles. The predicted molar refractivity (Wildman–Crippen MR) is 66.5 cm³/mol. The third-order valence-corrected chi connectivity index (χ3v) is 3.76. The third-order valence-electron chi connectivity index (χ3n) is 3.76. The zero-order valence-corrected chi connectivity index (χ0v) is 10.8. The Morgan fingerprint density at radius 1 is 1.35 bits per heavy atom. The highest BCUT2D eigenvalue weighted by Gasteiger charge is 2.56. The monoisotopic (exact) mass is 276 g/mol. The van der Waals surface area contributed by atoms with E-state index in [2.05, 4.69) is 0 Å². The molecule has 0 aromatic heterocycles. The van der Waals surface area contributed by atoms with Crippen LogP contribution in [0.1, 0.15) is 22.8 Å². The van der Waals surface area contributed by atoms with Gasteiger partial charge < -0.3 is 19.7 Å². The number of carbonyl (C=O) groups excluding carboxylic acids is 2. The summed E-state index contributed by atoms with van der Waals surface area (Å²) in [5.41, 5.74) is -1.43. The van der Waals surface area contributed by atoms with Crippen LogP contribution in [0, 0.1) is 0 Å². The lowest BCUT2D eigenvalue weighted by Crippen LogP contribution is -2.48. The largest absolute Gasteiger partial charge is 0.507 e. The van der Waals surface area contributed by atoms with Crippen LogP contribution in [0.15, 0.2) is 23.8 Å². The fourth-order valence-corrected chi connectivity index (χ4v) is 2.71. The number of fused-ring (bicyclic) bond motifs is 3. The summed E-state index contributed by atoms with van der Waals surface area (Å²) in [4.78, 5) is 23.7. The number of carbonyl (C=O) groups is 2. The Morgan fingerprint density at radius 2 is 2.05 bits per heavy atom. The van der Waals surface area contributed by atoms with E-state index < -0.39 is 23.5 Å². The van der Waals surface area contributed by atoms with Gasteiger partial charge in [-0.1, -0.05) is 0 Å². The number of esters is 1. The smallest absolute Gasteiger partial charge is 0.343 e. The number of phenols is 1. The van der Waals surface area contributed by atoms with E-state index >= 15 is 0 Å². The number of hydrogen-bond donors (Lipinski definition) is 2. The van der Waals surface area contributed by atoms with Crippen molar-refractivity contribution in [3.63, 3.8) is 0 Å². The van der Waals surface area contributed by atoms with Crippen LogP contribution in [-0.2, 0) is 15.1 Å². The summed E-state index contributed by atoms with van der Waals surface area (Å²) < 4.78 is 10.0. The number of methoxy groups -OCH3 is 1. The first-order chi connectivity index (χ1) is 9.39. The van der Waals surface area contributed by atoms with Crippen LogP contribution in [0.25, 0.3) is 0 Å². The van der Waals surface area contributed by atoms with Crippen LogP contribution in [0.5, 0.6) is 11.5 Å². The normalized spacial score (nSPS) is 27.6. The number of benzene rings is 1. The number of phenolic OH excluding ortho intramolecular Hbond substituents is 1. The van der Waals surface area contributed by atoms with E-state index in [1.54, 1.807) is 6.92 Å². The lowest BCUT2D eigenvalue weighted by atomic mass is 9.80. The van der Waals surface area contributed by atoms with Crippen molar-refractivity contribution in [1.82, 2.24) is 0 Å². The van der Waals surface area contributed by atoms with Gasteiger partial charge in [-0.05, 0) is 24.6 Å². The van der Waals surface area contributed by atoms with Crippen LogP contribution in [0.4, 0.5) is 0 Å². The lowest BCUT2D eigenvalue weighted by Gasteiger charge is -2.36. The molecule has 1 aliphatic carbocycles. The molecule has 0 saturated carbocycles. The van der Waals surface area contributed by atoms with Crippen molar-refractivity contribution < 1.29 is 29.3 Å². The van der Waals surface area contributed by atoms with Gasteiger partial charge in [0.05, 0.1) is 7.11 Å². The van der Waals surface area contributed by atoms with E-state index in [4.69, 9.17) is 9.47 Å². The van der Waals surface area contributed by atoms with Gasteiger partial charge >= 0.3 is 5.97 Å². The summed E-state index contributed by atoms with van der Waals surface area (Å²) in [5.74, 6) is -1.41. The van der Waals surface area contributed by atoms with Crippen molar-refractivity contribution in [3.05, 3.63) is 34.9 Å². The van der Waals surface area contributed by atoms with Crippen molar-refractivity contribution in [1.29, 1.82) is 0 Å². The Kier molecular flexibility index (Phi) is 2.43. The molecule has 0 saturated heterocycles. The quantitative estimate of drug-likeness (QED) is 0.732. The SMILES string of the molecule is COc1cc(O)c2c(c1)[C@]1(O)C(C)=CC(=O)[C@@H]1OC2=O. The van der Waals surface area contributed by atoms with Crippen molar-refractivity contribution in [2.75, 3.05) is 7.11 Å². The van der Waals surface area contributed by atoms with E-state index in [1.165, 1.54) is 25.3 Å². The van der Waals surface area contributed by atoms with Gasteiger partial charge in [0.2, 0.25) is 6.10 Å². The highest BCUT2D eigenvalue weighted by molar-refractivity contribution is 6.06. The Bertz CT molecular complexity index is 674. The summed E-state index contributed by atoms with van der Waals surface area (Å²) in [7, 11) is 1.40. The minimum absolute atomic E-state index is 0.121. The predicted octanol–water partition coefficient (Wildman–Crippen LogP) is 0.656. The van der Waals surface area contributed by atoms with Gasteiger partial charge in [-0.2, -0.15) is 0 Å². The van der Waals surface area contributed by atoms with E-state index in [0.29, 0.717) is 5.57 Å². The molecule has 6 nitrogen and oxygen atoms in total. The van der Waals surface area contributed by atoms with E-state index in [-0.39, 0.29) is 22.6 Å². The van der Waals surface area contributed by atoms with Gasteiger partial charge in [0, 0.05) is 11.6 Å². The molecule has 2 atom stereocenters. The molecule has 0 radical (unpaired) electrons. The summed E-state index contributed by atoms with van der Waals surface area (Å²) in [6, 6.07) is 2.68. The molecule has 0 spiro atoms. The summed E-state index contributed by atoms with van der Waals surface area (Å²) >= 11 is 0. The number of aromatic hydroxyl groups is 1. The van der Waals surface area contributed by atoms with E-state index in [9.17, 15) is 19.8 Å². The van der Waals surface area contributed by atoms with Crippen LogP contribution < -0.4 is 4.74 Å². The van der Waals surface area contributed by atoms with Crippen LogP contribution in [-0.4, -0.2) is 35.2 Å².